The van der Waals surface area contributed by atoms with Crippen molar-refractivity contribution in [1.82, 2.24) is 4.90 Å². The number of β-lactam (4-membered cyclic amide) rings is 1. The van der Waals surface area contributed by atoms with Gasteiger partial charge in [0, 0.05) is 4.75 Å². The number of hydrogen-bond acceptors (Lipinski definition) is 5. The predicted molar refractivity (Wildman–Crippen MR) is 87.5 cm³/mol. The van der Waals surface area contributed by atoms with E-state index in [-0.39, 0.29) is 23.9 Å². The van der Waals surface area contributed by atoms with E-state index in [2.05, 4.69) is 0 Å². The number of amides is 1. The molecule has 4 atom stereocenters. The molecule has 0 spiro atoms. The quantitative estimate of drug-likeness (QED) is 0.671. The molecule has 2 fully saturated rings. The highest BCUT2D eigenvalue weighted by Crippen LogP contribution is 2.54. The van der Waals surface area contributed by atoms with Gasteiger partial charge in [0.1, 0.15) is 12.6 Å². The number of esters is 1. The molecule has 1 aromatic carbocycles. The van der Waals surface area contributed by atoms with Crippen LogP contribution in [0.5, 0.6) is 0 Å². The molecule has 0 saturated carbocycles. The van der Waals surface area contributed by atoms with Crippen molar-refractivity contribution in [3.63, 3.8) is 0 Å². The first kappa shape index (κ1) is 16.3. The minimum absolute atomic E-state index is 0.147. The van der Waals surface area contributed by atoms with Gasteiger partial charge < -0.3 is 14.7 Å². The number of aliphatic hydroxyl groups excluding tert-OH is 1. The van der Waals surface area contributed by atoms with Gasteiger partial charge in [0.05, 0.1) is 17.4 Å². The van der Waals surface area contributed by atoms with Crippen molar-refractivity contribution in [3.05, 3.63) is 35.9 Å². The summed E-state index contributed by atoms with van der Waals surface area (Å²) in [4.78, 5) is 26.4. The van der Waals surface area contributed by atoms with E-state index < -0.39 is 22.8 Å². The van der Waals surface area contributed by atoms with E-state index in [4.69, 9.17) is 4.74 Å². The number of carbonyl (C=O) groups excluding carboxylic acids is 2. The smallest absolute Gasteiger partial charge is 0.330 e. The third-order valence-corrected chi connectivity index (χ3v) is 6.04. The van der Waals surface area contributed by atoms with E-state index >= 15 is 0 Å². The monoisotopic (exact) mass is 335 g/mol. The van der Waals surface area contributed by atoms with E-state index in [1.165, 1.54) is 0 Å². The first-order chi connectivity index (χ1) is 10.8. The zero-order chi connectivity index (χ0) is 16.8. The van der Waals surface area contributed by atoms with Crippen LogP contribution >= 0.6 is 11.8 Å². The Morgan fingerprint density at radius 3 is 2.65 bits per heavy atom. The van der Waals surface area contributed by atoms with Crippen LogP contribution in [0.25, 0.3) is 0 Å². The lowest BCUT2D eigenvalue weighted by Crippen LogP contribution is -2.65. The van der Waals surface area contributed by atoms with Gasteiger partial charge in [0.2, 0.25) is 5.91 Å². The average Bonchev–Trinajstić information content (AvgIpc) is 2.73. The van der Waals surface area contributed by atoms with Crippen LogP contribution in [-0.2, 0) is 20.9 Å². The van der Waals surface area contributed by atoms with Gasteiger partial charge in [-0.15, -0.1) is 11.8 Å². The molecule has 2 saturated heterocycles. The summed E-state index contributed by atoms with van der Waals surface area (Å²) in [7, 11) is 0. The summed E-state index contributed by atoms with van der Waals surface area (Å²) in [6.07, 6.45) is -0.703. The average molecular weight is 335 g/mol. The summed E-state index contributed by atoms with van der Waals surface area (Å²) < 4.78 is 5.00. The fraction of sp³-hybridized carbons (Fsp3) is 0.529. The minimum atomic E-state index is -0.703. The maximum Gasteiger partial charge on any atom is 0.330 e. The molecule has 0 aliphatic carbocycles. The van der Waals surface area contributed by atoms with Crippen LogP contribution in [0.4, 0.5) is 0 Å². The van der Waals surface area contributed by atoms with E-state index in [1.54, 1.807) is 23.6 Å². The van der Waals surface area contributed by atoms with E-state index in [9.17, 15) is 14.7 Å². The Kier molecular flexibility index (Phi) is 4.14. The van der Waals surface area contributed by atoms with Crippen LogP contribution in [0.1, 0.15) is 26.3 Å². The van der Waals surface area contributed by atoms with Crippen molar-refractivity contribution in [1.29, 1.82) is 0 Å². The van der Waals surface area contributed by atoms with E-state index in [1.807, 2.05) is 44.2 Å². The van der Waals surface area contributed by atoms with Gasteiger partial charge in [0.25, 0.3) is 0 Å². The molecule has 2 aliphatic heterocycles. The van der Waals surface area contributed by atoms with Gasteiger partial charge >= 0.3 is 5.97 Å². The topological polar surface area (TPSA) is 66.8 Å². The molecule has 5 nitrogen and oxygen atoms in total. The van der Waals surface area contributed by atoms with Crippen LogP contribution in [0.2, 0.25) is 0 Å². The largest absolute Gasteiger partial charge is 0.459 e. The molecule has 1 amide bonds. The third-order valence-electron chi connectivity index (χ3n) is 4.45. The summed E-state index contributed by atoms with van der Waals surface area (Å²) in [6.45, 7) is 5.70. The summed E-state index contributed by atoms with van der Waals surface area (Å²) in [5, 5.41) is 9.61. The molecule has 23 heavy (non-hydrogen) atoms. The number of thioether (sulfide) groups is 1. The number of nitrogens with zero attached hydrogens (tertiary/aromatic N) is 1. The van der Waals surface area contributed by atoms with Gasteiger partial charge in [-0.1, -0.05) is 30.3 Å². The van der Waals surface area contributed by atoms with Crippen molar-refractivity contribution >= 4 is 23.6 Å². The number of hydrogen-bond donors (Lipinski definition) is 1. The molecule has 0 aromatic heterocycles. The van der Waals surface area contributed by atoms with Crippen molar-refractivity contribution in [2.24, 2.45) is 5.92 Å². The molecule has 6 heteroatoms. The Bertz CT molecular complexity index is 616. The Morgan fingerprint density at radius 2 is 2.04 bits per heavy atom. The lowest BCUT2D eigenvalue weighted by molar-refractivity contribution is -0.171. The Hall–Kier alpha value is -1.53. The Morgan fingerprint density at radius 1 is 1.39 bits per heavy atom. The van der Waals surface area contributed by atoms with Gasteiger partial charge in [-0.25, -0.2) is 4.79 Å². The van der Waals surface area contributed by atoms with Crippen LogP contribution < -0.4 is 0 Å². The summed E-state index contributed by atoms with van der Waals surface area (Å²) in [6, 6.07) is 8.86. The van der Waals surface area contributed by atoms with Gasteiger partial charge in [0.15, 0.2) is 0 Å². The fourth-order valence-corrected chi connectivity index (χ4v) is 5.07. The van der Waals surface area contributed by atoms with Gasteiger partial charge in [-0.05, 0) is 26.3 Å². The highest BCUT2D eigenvalue weighted by atomic mass is 32.2. The highest BCUT2D eigenvalue weighted by molar-refractivity contribution is 8.01. The van der Waals surface area contributed by atoms with Gasteiger partial charge in [-0.3, -0.25) is 4.79 Å². The molecule has 124 valence electrons. The third kappa shape index (κ3) is 2.74. The standard InChI is InChI=1S/C17H21NO4S/c1-10(19)12-14(20)18-13(17(2,3)23-15(12)18)16(21)22-9-11-7-5-4-6-8-11/h4-8,10,12-13,15,19H,9H2,1-3H3/t10?,12-,13+,15-/m1/s1. The lowest BCUT2D eigenvalue weighted by atomic mass is 9.88. The molecule has 3 rings (SSSR count). The SMILES string of the molecule is CC(O)[C@@H]1C(=O)N2[C@@H]1SC(C)(C)[C@@H]2C(=O)OCc1ccccc1. The zero-order valence-corrected chi connectivity index (χ0v) is 14.2. The first-order valence-corrected chi connectivity index (χ1v) is 8.59. The fourth-order valence-electron chi connectivity index (χ4n) is 3.27. The number of aliphatic hydroxyl groups is 1. The number of benzene rings is 1. The van der Waals surface area contributed by atoms with Crippen molar-refractivity contribution in [3.8, 4) is 0 Å². The molecule has 0 bridgehead atoms. The zero-order valence-electron chi connectivity index (χ0n) is 13.4. The summed E-state index contributed by atoms with van der Waals surface area (Å²) >= 11 is 1.56. The molecule has 2 heterocycles. The van der Waals surface area contributed by atoms with Crippen LogP contribution in [0, 0.1) is 5.92 Å². The molecule has 1 unspecified atom stereocenters. The van der Waals surface area contributed by atoms with Crippen molar-refractivity contribution in [2.45, 2.75) is 49.6 Å². The molecule has 1 aromatic rings. The normalized spacial score (nSPS) is 29.7. The molecule has 0 radical (unpaired) electrons. The van der Waals surface area contributed by atoms with E-state index in [0.717, 1.165) is 5.56 Å². The molecule has 2 aliphatic rings. The number of fused-ring (bicyclic) bond motifs is 1. The highest BCUT2D eigenvalue weighted by Gasteiger charge is 2.64. The summed E-state index contributed by atoms with van der Waals surface area (Å²) in [5.41, 5.74) is 0.914. The van der Waals surface area contributed by atoms with E-state index in [0.29, 0.717) is 0 Å². The van der Waals surface area contributed by atoms with Crippen LogP contribution in [-0.4, -0.2) is 44.1 Å². The van der Waals surface area contributed by atoms with Crippen molar-refractivity contribution in [2.75, 3.05) is 0 Å². The van der Waals surface area contributed by atoms with Crippen LogP contribution in [0.15, 0.2) is 30.3 Å². The number of carbonyl (C=O) groups is 2. The second kappa shape index (κ2) is 5.83. The maximum atomic E-state index is 12.6. The molecular formula is C17H21NO4S. The second-order valence-electron chi connectivity index (χ2n) is 6.62. The first-order valence-electron chi connectivity index (χ1n) is 7.71. The van der Waals surface area contributed by atoms with Crippen LogP contribution in [0.3, 0.4) is 0 Å². The Balaban J connectivity index is 1.71. The number of ether oxygens (including phenoxy) is 1. The minimum Gasteiger partial charge on any atom is -0.459 e. The molecule has 1 N–H and O–H groups in total. The summed E-state index contributed by atoms with van der Waals surface area (Å²) in [5.74, 6) is -0.970. The maximum absolute atomic E-state index is 12.6. The van der Waals surface area contributed by atoms with Crippen molar-refractivity contribution < 1.29 is 19.4 Å². The second-order valence-corrected chi connectivity index (χ2v) is 8.39. The lowest BCUT2D eigenvalue weighted by Gasteiger charge is -2.45. The molecular weight excluding hydrogens is 314 g/mol. The van der Waals surface area contributed by atoms with Gasteiger partial charge in [-0.2, -0.15) is 0 Å². The number of rotatable bonds is 4. The Labute approximate surface area is 140 Å². The predicted octanol–water partition coefficient (Wildman–Crippen LogP) is 1.79.